The summed E-state index contributed by atoms with van der Waals surface area (Å²) in [5.41, 5.74) is 1.28. The molecule has 0 aromatic carbocycles. The zero-order valence-electron chi connectivity index (χ0n) is 9.31. The Morgan fingerprint density at radius 1 is 1.53 bits per heavy atom. The van der Waals surface area contributed by atoms with Crippen LogP contribution in [-0.4, -0.2) is 27.8 Å². The largest absolute Gasteiger partial charge is 0.297 e. The van der Waals surface area contributed by atoms with Gasteiger partial charge in [-0.2, -0.15) is 5.10 Å². The van der Waals surface area contributed by atoms with Crippen LogP contribution in [0.5, 0.6) is 0 Å². The van der Waals surface area contributed by atoms with E-state index in [9.17, 15) is 0 Å². The third kappa shape index (κ3) is 2.35. The molecule has 4 nitrogen and oxygen atoms in total. The Morgan fingerprint density at radius 3 is 2.73 bits per heavy atom. The standard InChI is InChI=1S/C10H18N4S/c1-8(2)14-9(6-10(12-14)15-11)7-13-4-3-5-13/h6,8H,3-5,7,11H2,1-2H3. The van der Waals surface area contributed by atoms with E-state index in [1.807, 2.05) is 0 Å². The lowest BCUT2D eigenvalue weighted by Crippen LogP contribution is -2.37. The van der Waals surface area contributed by atoms with Gasteiger partial charge in [-0.25, -0.2) is 0 Å². The molecule has 1 aromatic rings. The number of hydrogen-bond donors (Lipinski definition) is 1. The van der Waals surface area contributed by atoms with Crippen molar-refractivity contribution in [3.05, 3.63) is 11.8 Å². The maximum absolute atomic E-state index is 5.54. The summed E-state index contributed by atoms with van der Waals surface area (Å²) in [5.74, 6) is 0. The first-order valence-corrected chi connectivity index (χ1v) is 6.26. The molecule has 1 aliphatic heterocycles. The molecule has 0 aliphatic carbocycles. The first-order chi connectivity index (χ1) is 7.20. The second-order valence-electron chi connectivity index (χ2n) is 4.26. The van der Waals surface area contributed by atoms with Gasteiger partial charge in [-0.3, -0.25) is 14.7 Å². The van der Waals surface area contributed by atoms with Crippen LogP contribution >= 0.6 is 11.9 Å². The van der Waals surface area contributed by atoms with Crippen LogP contribution in [0.1, 0.15) is 32.0 Å². The van der Waals surface area contributed by atoms with Gasteiger partial charge >= 0.3 is 0 Å². The average Bonchev–Trinajstić information content (AvgIpc) is 2.54. The molecule has 0 radical (unpaired) electrons. The van der Waals surface area contributed by atoms with Gasteiger partial charge in [-0.05, 0) is 51.4 Å². The molecule has 0 unspecified atom stereocenters. The predicted molar refractivity (Wildman–Crippen MR) is 62.6 cm³/mol. The number of rotatable bonds is 4. The van der Waals surface area contributed by atoms with Crippen LogP contribution in [0, 0.1) is 0 Å². The summed E-state index contributed by atoms with van der Waals surface area (Å²) in [6.45, 7) is 7.74. The Morgan fingerprint density at radius 2 is 2.27 bits per heavy atom. The summed E-state index contributed by atoms with van der Waals surface area (Å²) in [5, 5.41) is 10.9. The second-order valence-corrected chi connectivity index (χ2v) is 4.91. The van der Waals surface area contributed by atoms with E-state index in [2.05, 4.69) is 34.6 Å². The molecular weight excluding hydrogens is 208 g/mol. The molecule has 0 atom stereocenters. The van der Waals surface area contributed by atoms with Gasteiger partial charge in [0, 0.05) is 12.6 Å². The molecule has 1 fully saturated rings. The van der Waals surface area contributed by atoms with E-state index < -0.39 is 0 Å². The van der Waals surface area contributed by atoms with E-state index in [0.717, 1.165) is 11.6 Å². The van der Waals surface area contributed by atoms with Crippen LogP contribution in [0.15, 0.2) is 11.1 Å². The van der Waals surface area contributed by atoms with Crippen LogP contribution in [0.25, 0.3) is 0 Å². The van der Waals surface area contributed by atoms with Crippen LogP contribution in [0.3, 0.4) is 0 Å². The van der Waals surface area contributed by atoms with Crippen LogP contribution in [-0.2, 0) is 6.54 Å². The fourth-order valence-electron chi connectivity index (χ4n) is 1.80. The lowest BCUT2D eigenvalue weighted by Gasteiger charge is -2.30. The maximum atomic E-state index is 5.54. The summed E-state index contributed by atoms with van der Waals surface area (Å²) >= 11 is 1.22. The minimum atomic E-state index is 0.405. The Bertz CT molecular complexity index is 330. The van der Waals surface area contributed by atoms with Crippen molar-refractivity contribution in [2.45, 2.75) is 37.9 Å². The Balaban J connectivity index is 2.14. The zero-order chi connectivity index (χ0) is 10.8. The van der Waals surface area contributed by atoms with Crippen molar-refractivity contribution in [1.82, 2.24) is 14.7 Å². The number of aromatic nitrogens is 2. The zero-order valence-corrected chi connectivity index (χ0v) is 10.1. The summed E-state index contributed by atoms with van der Waals surface area (Å²) < 4.78 is 2.08. The molecule has 2 rings (SSSR count). The van der Waals surface area contributed by atoms with Gasteiger partial charge in [-0.15, -0.1) is 0 Å². The first kappa shape index (κ1) is 11.0. The van der Waals surface area contributed by atoms with Gasteiger partial charge in [0.15, 0.2) is 0 Å². The SMILES string of the molecule is CC(C)n1nc(SN)cc1CN1CCC1. The molecular formula is C10H18N4S. The molecule has 2 heterocycles. The van der Waals surface area contributed by atoms with Gasteiger partial charge in [0.2, 0.25) is 0 Å². The molecule has 84 valence electrons. The van der Waals surface area contributed by atoms with Crippen LogP contribution < -0.4 is 5.14 Å². The van der Waals surface area contributed by atoms with Crippen molar-refractivity contribution in [2.24, 2.45) is 5.14 Å². The van der Waals surface area contributed by atoms with Crippen molar-refractivity contribution in [3.8, 4) is 0 Å². The normalized spacial score (nSPS) is 17.1. The van der Waals surface area contributed by atoms with Gasteiger partial charge in [0.05, 0.1) is 5.69 Å². The van der Waals surface area contributed by atoms with Crippen molar-refractivity contribution in [3.63, 3.8) is 0 Å². The molecule has 0 spiro atoms. The summed E-state index contributed by atoms with van der Waals surface area (Å²) in [6, 6.07) is 2.50. The highest BCUT2D eigenvalue weighted by molar-refractivity contribution is 7.97. The fraction of sp³-hybridized carbons (Fsp3) is 0.700. The minimum Gasteiger partial charge on any atom is -0.297 e. The quantitative estimate of drug-likeness (QED) is 0.793. The highest BCUT2D eigenvalue weighted by atomic mass is 32.2. The third-order valence-corrected chi connectivity index (χ3v) is 3.18. The maximum Gasteiger partial charge on any atom is 0.133 e. The van der Waals surface area contributed by atoms with Crippen molar-refractivity contribution in [1.29, 1.82) is 0 Å². The van der Waals surface area contributed by atoms with Crippen molar-refractivity contribution >= 4 is 11.9 Å². The molecule has 2 N–H and O–H groups in total. The molecule has 1 aliphatic rings. The van der Waals surface area contributed by atoms with E-state index in [4.69, 9.17) is 5.14 Å². The molecule has 0 bridgehead atoms. The molecule has 1 saturated heterocycles. The number of hydrogen-bond acceptors (Lipinski definition) is 4. The summed E-state index contributed by atoms with van der Waals surface area (Å²) in [7, 11) is 0. The third-order valence-electron chi connectivity index (χ3n) is 2.73. The predicted octanol–water partition coefficient (Wildman–Crippen LogP) is 1.64. The molecule has 0 saturated carbocycles. The Kier molecular flexibility index (Phi) is 3.33. The molecule has 0 amide bonds. The van der Waals surface area contributed by atoms with E-state index in [-0.39, 0.29) is 0 Å². The lowest BCUT2D eigenvalue weighted by molar-refractivity contribution is 0.166. The number of nitrogens with two attached hydrogens (primary N) is 1. The summed E-state index contributed by atoms with van der Waals surface area (Å²) in [4.78, 5) is 2.43. The number of likely N-dealkylation sites (tertiary alicyclic amines) is 1. The van der Waals surface area contributed by atoms with Gasteiger partial charge in [0.25, 0.3) is 0 Å². The van der Waals surface area contributed by atoms with Crippen LogP contribution in [0.4, 0.5) is 0 Å². The monoisotopic (exact) mass is 226 g/mol. The van der Waals surface area contributed by atoms with Crippen LogP contribution in [0.2, 0.25) is 0 Å². The first-order valence-electron chi connectivity index (χ1n) is 5.38. The highest BCUT2D eigenvalue weighted by Crippen LogP contribution is 2.20. The average molecular weight is 226 g/mol. The molecule has 15 heavy (non-hydrogen) atoms. The molecule has 1 aromatic heterocycles. The van der Waals surface area contributed by atoms with E-state index in [1.165, 1.54) is 37.2 Å². The fourth-order valence-corrected chi connectivity index (χ4v) is 2.14. The minimum absolute atomic E-state index is 0.405. The summed E-state index contributed by atoms with van der Waals surface area (Å²) in [6.07, 6.45) is 1.33. The van der Waals surface area contributed by atoms with Crippen molar-refractivity contribution < 1.29 is 0 Å². The van der Waals surface area contributed by atoms with Gasteiger partial charge in [-0.1, -0.05) is 0 Å². The highest BCUT2D eigenvalue weighted by Gasteiger charge is 2.18. The van der Waals surface area contributed by atoms with Gasteiger partial charge in [0.1, 0.15) is 5.03 Å². The van der Waals surface area contributed by atoms with E-state index in [0.29, 0.717) is 6.04 Å². The number of nitrogens with zero attached hydrogens (tertiary/aromatic N) is 3. The Labute approximate surface area is 94.9 Å². The second kappa shape index (κ2) is 4.55. The smallest absolute Gasteiger partial charge is 0.133 e. The lowest BCUT2D eigenvalue weighted by atomic mass is 10.2. The van der Waals surface area contributed by atoms with E-state index >= 15 is 0 Å². The molecule has 5 heteroatoms. The topological polar surface area (TPSA) is 47.1 Å². The van der Waals surface area contributed by atoms with Gasteiger partial charge < -0.3 is 0 Å². The Hall–Kier alpha value is -0.520. The van der Waals surface area contributed by atoms with Crippen molar-refractivity contribution in [2.75, 3.05) is 13.1 Å². The van der Waals surface area contributed by atoms with E-state index in [1.54, 1.807) is 0 Å².